The zero-order valence-corrected chi connectivity index (χ0v) is 11.6. The lowest BCUT2D eigenvalue weighted by Crippen LogP contribution is -2.32. The van der Waals surface area contributed by atoms with Crippen molar-refractivity contribution in [2.75, 3.05) is 0 Å². The molecule has 0 aliphatic heterocycles. The van der Waals surface area contributed by atoms with Gasteiger partial charge in [-0.05, 0) is 43.9 Å². The first-order valence-corrected chi connectivity index (χ1v) is 6.73. The van der Waals surface area contributed by atoms with Gasteiger partial charge in [0.25, 0.3) is 0 Å². The summed E-state index contributed by atoms with van der Waals surface area (Å²) in [7, 11) is 0. The Kier molecular flexibility index (Phi) is 6.70. The van der Waals surface area contributed by atoms with Crippen LogP contribution in [0.1, 0.15) is 38.2 Å². The Morgan fingerprint density at radius 3 is 2.50 bits per heavy atom. The van der Waals surface area contributed by atoms with Crippen molar-refractivity contribution in [3.05, 3.63) is 35.6 Å². The van der Waals surface area contributed by atoms with Crippen LogP contribution in [0.15, 0.2) is 24.3 Å². The first kappa shape index (κ1) is 16.1. The summed E-state index contributed by atoms with van der Waals surface area (Å²) in [4.78, 5) is 22.1. The van der Waals surface area contributed by atoms with E-state index in [0.717, 1.165) is 5.56 Å². The number of benzene rings is 1. The quantitative estimate of drug-likeness (QED) is 0.769. The van der Waals surface area contributed by atoms with Crippen molar-refractivity contribution in [3.8, 4) is 0 Å². The van der Waals surface area contributed by atoms with E-state index in [1.807, 2.05) is 6.92 Å². The predicted molar refractivity (Wildman–Crippen MR) is 73.8 cm³/mol. The van der Waals surface area contributed by atoms with Gasteiger partial charge in [0.15, 0.2) is 0 Å². The van der Waals surface area contributed by atoms with Gasteiger partial charge in [0.1, 0.15) is 5.82 Å². The Hall–Kier alpha value is -1.91. The number of rotatable bonds is 8. The lowest BCUT2D eigenvalue weighted by molar-refractivity contribution is -0.137. The summed E-state index contributed by atoms with van der Waals surface area (Å²) in [6, 6.07) is 6.05. The number of carboxylic acid groups (broad SMARTS) is 1. The third kappa shape index (κ3) is 6.87. The van der Waals surface area contributed by atoms with Gasteiger partial charge in [-0.25, -0.2) is 4.39 Å². The van der Waals surface area contributed by atoms with Crippen LogP contribution in [-0.4, -0.2) is 23.0 Å². The molecule has 1 unspecified atom stereocenters. The monoisotopic (exact) mass is 281 g/mol. The second kappa shape index (κ2) is 8.30. The Labute approximate surface area is 118 Å². The zero-order chi connectivity index (χ0) is 15.0. The average molecular weight is 281 g/mol. The highest BCUT2D eigenvalue weighted by molar-refractivity contribution is 5.76. The summed E-state index contributed by atoms with van der Waals surface area (Å²) in [6.07, 6.45) is 2.22. The molecule has 0 aliphatic carbocycles. The van der Waals surface area contributed by atoms with Crippen LogP contribution < -0.4 is 5.32 Å². The SMILES string of the molecule is CC(CCCC(=O)O)NC(=O)CCc1ccc(F)cc1. The Bertz CT molecular complexity index is 445. The maximum Gasteiger partial charge on any atom is 0.303 e. The molecule has 1 amide bonds. The van der Waals surface area contributed by atoms with Crippen LogP contribution in [0.4, 0.5) is 4.39 Å². The standard InChI is InChI=1S/C15H20FNO3/c1-11(3-2-4-15(19)20)17-14(18)10-7-12-5-8-13(16)9-6-12/h5-6,8-9,11H,2-4,7,10H2,1H3,(H,17,18)(H,19,20). The lowest BCUT2D eigenvalue weighted by atomic mass is 10.1. The van der Waals surface area contributed by atoms with Gasteiger partial charge in [-0.15, -0.1) is 0 Å². The number of carbonyl (C=O) groups is 2. The number of aryl methyl sites for hydroxylation is 1. The number of carboxylic acids is 1. The Balaban J connectivity index is 2.22. The largest absolute Gasteiger partial charge is 0.481 e. The fourth-order valence-corrected chi connectivity index (χ4v) is 1.89. The molecule has 5 heteroatoms. The predicted octanol–water partition coefficient (Wildman–Crippen LogP) is 2.52. The maximum absolute atomic E-state index is 12.7. The Morgan fingerprint density at radius 2 is 1.90 bits per heavy atom. The molecule has 20 heavy (non-hydrogen) atoms. The van der Waals surface area contributed by atoms with Gasteiger partial charge >= 0.3 is 5.97 Å². The molecule has 2 N–H and O–H groups in total. The van der Waals surface area contributed by atoms with Crippen molar-refractivity contribution < 1.29 is 19.1 Å². The highest BCUT2D eigenvalue weighted by Gasteiger charge is 2.08. The first-order valence-electron chi connectivity index (χ1n) is 6.73. The van der Waals surface area contributed by atoms with E-state index in [1.165, 1.54) is 12.1 Å². The Morgan fingerprint density at radius 1 is 1.25 bits per heavy atom. The number of amides is 1. The zero-order valence-electron chi connectivity index (χ0n) is 11.6. The molecule has 0 saturated heterocycles. The highest BCUT2D eigenvalue weighted by atomic mass is 19.1. The summed E-state index contributed by atoms with van der Waals surface area (Å²) in [6.45, 7) is 1.86. The normalized spacial score (nSPS) is 11.9. The van der Waals surface area contributed by atoms with Gasteiger partial charge in [0.2, 0.25) is 5.91 Å². The van der Waals surface area contributed by atoms with Crippen molar-refractivity contribution in [1.82, 2.24) is 5.32 Å². The lowest BCUT2D eigenvalue weighted by Gasteiger charge is -2.13. The molecule has 0 fully saturated rings. The molecule has 110 valence electrons. The molecule has 4 nitrogen and oxygen atoms in total. The van der Waals surface area contributed by atoms with Crippen LogP contribution in [-0.2, 0) is 16.0 Å². The van der Waals surface area contributed by atoms with E-state index in [0.29, 0.717) is 25.7 Å². The summed E-state index contributed by atoms with van der Waals surface area (Å²) in [5, 5.41) is 11.4. The minimum Gasteiger partial charge on any atom is -0.481 e. The van der Waals surface area contributed by atoms with E-state index in [4.69, 9.17) is 5.11 Å². The second-order valence-corrected chi connectivity index (χ2v) is 4.88. The van der Waals surface area contributed by atoms with Crippen molar-refractivity contribution in [3.63, 3.8) is 0 Å². The van der Waals surface area contributed by atoms with E-state index in [2.05, 4.69) is 5.32 Å². The van der Waals surface area contributed by atoms with Crippen molar-refractivity contribution >= 4 is 11.9 Å². The van der Waals surface area contributed by atoms with E-state index in [1.54, 1.807) is 12.1 Å². The molecule has 0 spiro atoms. The van der Waals surface area contributed by atoms with E-state index >= 15 is 0 Å². The van der Waals surface area contributed by atoms with Crippen molar-refractivity contribution in [1.29, 1.82) is 0 Å². The van der Waals surface area contributed by atoms with Gasteiger partial charge in [-0.2, -0.15) is 0 Å². The van der Waals surface area contributed by atoms with Gasteiger partial charge in [0, 0.05) is 18.9 Å². The molecule has 1 rings (SSSR count). The topological polar surface area (TPSA) is 66.4 Å². The fourth-order valence-electron chi connectivity index (χ4n) is 1.89. The van der Waals surface area contributed by atoms with Gasteiger partial charge in [-0.3, -0.25) is 9.59 Å². The number of hydrogen-bond acceptors (Lipinski definition) is 2. The molecule has 0 bridgehead atoms. The number of halogens is 1. The minimum atomic E-state index is -0.820. The second-order valence-electron chi connectivity index (χ2n) is 4.88. The highest BCUT2D eigenvalue weighted by Crippen LogP contribution is 2.06. The summed E-state index contributed by atoms with van der Waals surface area (Å²) >= 11 is 0. The molecular formula is C15H20FNO3. The van der Waals surface area contributed by atoms with Crippen LogP contribution in [0.25, 0.3) is 0 Å². The van der Waals surface area contributed by atoms with Gasteiger partial charge in [-0.1, -0.05) is 12.1 Å². The third-order valence-corrected chi connectivity index (χ3v) is 2.99. The molecule has 1 aromatic rings. The summed E-state index contributed by atoms with van der Waals surface area (Å²) in [5.41, 5.74) is 0.917. The number of nitrogens with one attached hydrogen (secondary N) is 1. The van der Waals surface area contributed by atoms with E-state index in [-0.39, 0.29) is 24.2 Å². The summed E-state index contributed by atoms with van der Waals surface area (Å²) in [5.74, 6) is -1.18. The first-order chi connectivity index (χ1) is 9.47. The van der Waals surface area contributed by atoms with Crippen LogP contribution in [0, 0.1) is 5.82 Å². The minimum absolute atomic E-state index is 0.0323. The van der Waals surface area contributed by atoms with Crippen LogP contribution in [0.2, 0.25) is 0 Å². The average Bonchev–Trinajstić information content (AvgIpc) is 2.37. The number of aliphatic carboxylic acids is 1. The molecule has 0 heterocycles. The van der Waals surface area contributed by atoms with Gasteiger partial charge in [0.05, 0.1) is 0 Å². The van der Waals surface area contributed by atoms with Crippen molar-refractivity contribution in [2.45, 2.75) is 45.1 Å². The van der Waals surface area contributed by atoms with Crippen LogP contribution >= 0.6 is 0 Å². The molecule has 0 aromatic heterocycles. The smallest absolute Gasteiger partial charge is 0.303 e. The van der Waals surface area contributed by atoms with Crippen LogP contribution in [0.3, 0.4) is 0 Å². The number of carbonyl (C=O) groups excluding carboxylic acids is 1. The number of hydrogen-bond donors (Lipinski definition) is 2. The molecule has 1 aromatic carbocycles. The molecule has 0 radical (unpaired) electrons. The summed E-state index contributed by atoms with van der Waals surface area (Å²) < 4.78 is 12.7. The maximum atomic E-state index is 12.7. The molecular weight excluding hydrogens is 261 g/mol. The molecule has 0 saturated carbocycles. The van der Waals surface area contributed by atoms with Crippen LogP contribution in [0.5, 0.6) is 0 Å². The van der Waals surface area contributed by atoms with Crippen molar-refractivity contribution in [2.24, 2.45) is 0 Å². The fraction of sp³-hybridized carbons (Fsp3) is 0.467. The molecule has 1 atom stereocenters. The molecule has 0 aliphatic rings. The third-order valence-electron chi connectivity index (χ3n) is 2.99. The van der Waals surface area contributed by atoms with Gasteiger partial charge < -0.3 is 10.4 Å². The van der Waals surface area contributed by atoms with E-state index in [9.17, 15) is 14.0 Å². The van der Waals surface area contributed by atoms with E-state index < -0.39 is 5.97 Å².